The standard InChI is InChI=1S/C29H27N5O/c1-29(12-5-8-20(17-29)28(30)35)22-11-13-34-25(18-31-27(34)16-22)21-14-24(19-6-3-2-4-7-19)33-26(15-21)32-23-9-10-23/h2-8,11-16,18,23H,9-10,17H2,1H3,(H2,30,35)(H,32,33). The third-order valence-electron chi connectivity index (χ3n) is 6.93. The highest BCUT2D eigenvalue weighted by Crippen LogP contribution is 2.37. The SMILES string of the molecule is CC1(c2ccn3c(-c4cc(NC5CC5)nc(-c5ccccc5)c4)cnc3c2)C=CC=C(C(N)=O)C1. The largest absolute Gasteiger partial charge is 0.367 e. The second-order valence-corrected chi connectivity index (χ2v) is 9.71. The zero-order valence-electron chi connectivity index (χ0n) is 19.6. The van der Waals surface area contributed by atoms with Gasteiger partial charge in [0.1, 0.15) is 11.5 Å². The van der Waals surface area contributed by atoms with E-state index in [1.54, 1.807) is 6.08 Å². The minimum atomic E-state index is -0.368. The molecule has 1 atom stereocenters. The Bertz CT molecular complexity index is 1500. The molecule has 0 spiro atoms. The van der Waals surface area contributed by atoms with Crippen molar-refractivity contribution in [3.63, 3.8) is 0 Å². The Morgan fingerprint density at radius 2 is 1.94 bits per heavy atom. The lowest BCUT2D eigenvalue weighted by atomic mass is 9.75. The van der Waals surface area contributed by atoms with E-state index in [9.17, 15) is 4.79 Å². The number of amides is 1. The van der Waals surface area contributed by atoms with Gasteiger partial charge in [-0.05, 0) is 49.1 Å². The van der Waals surface area contributed by atoms with Crippen LogP contribution in [0.2, 0.25) is 0 Å². The Labute approximate surface area is 204 Å². The Balaban J connectivity index is 1.40. The van der Waals surface area contributed by atoms with Gasteiger partial charge in [0.15, 0.2) is 0 Å². The molecule has 6 nitrogen and oxygen atoms in total. The molecule has 3 aromatic heterocycles. The van der Waals surface area contributed by atoms with Crippen molar-refractivity contribution in [2.24, 2.45) is 5.73 Å². The van der Waals surface area contributed by atoms with Crippen LogP contribution in [0, 0.1) is 0 Å². The van der Waals surface area contributed by atoms with E-state index in [0.717, 1.165) is 39.5 Å². The van der Waals surface area contributed by atoms with Gasteiger partial charge in [0.05, 0.1) is 17.6 Å². The molecule has 1 unspecified atom stereocenters. The van der Waals surface area contributed by atoms with Crippen molar-refractivity contribution in [3.8, 4) is 22.5 Å². The number of fused-ring (bicyclic) bond motifs is 1. The fourth-order valence-corrected chi connectivity index (χ4v) is 4.75. The molecule has 3 heterocycles. The lowest BCUT2D eigenvalue weighted by Gasteiger charge is -2.29. The summed E-state index contributed by atoms with van der Waals surface area (Å²) in [5.41, 5.74) is 11.9. The summed E-state index contributed by atoms with van der Waals surface area (Å²) in [6.45, 7) is 2.12. The number of rotatable bonds is 6. The smallest absolute Gasteiger partial charge is 0.244 e. The molecule has 1 aromatic carbocycles. The summed E-state index contributed by atoms with van der Waals surface area (Å²) >= 11 is 0. The van der Waals surface area contributed by atoms with E-state index in [4.69, 9.17) is 15.7 Å². The number of aromatic nitrogens is 3. The van der Waals surface area contributed by atoms with Crippen molar-refractivity contribution in [3.05, 3.63) is 96.4 Å². The number of pyridine rings is 2. The van der Waals surface area contributed by atoms with Crippen LogP contribution in [0.1, 0.15) is 31.7 Å². The Kier molecular flexibility index (Phi) is 5.02. The quantitative estimate of drug-likeness (QED) is 0.410. The number of hydrogen-bond acceptors (Lipinski definition) is 4. The van der Waals surface area contributed by atoms with Crippen LogP contribution in [0.4, 0.5) is 5.82 Å². The molecule has 0 bridgehead atoms. The molecule has 4 aromatic rings. The molecule has 2 aliphatic rings. The molecule has 35 heavy (non-hydrogen) atoms. The highest BCUT2D eigenvalue weighted by molar-refractivity contribution is 5.93. The number of nitrogens with one attached hydrogen (secondary N) is 1. The fourth-order valence-electron chi connectivity index (χ4n) is 4.75. The Hall–Kier alpha value is -4.19. The molecule has 1 amide bonds. The number of allylic oxidation sites excluding steroid dienone is 3. The van der Waals surface area contributed by atoms with Gasteiger partial charge in [0, 0.05) is 34.4 Å². The number of benzene rings is 1. The van der Waals surface area contributed by atoms with Crippen LogP contribution in [0.15, 0.2) is 90.8 Å². The number of imidazole rings is 1. The van der Waals surface area contributed by atoms with E-state index in [2.05, 4.69) is 65.3 Å². The van der Waals surface area contributed by atoms with Crippen LogP contribution in [0.3, 0.4) is 0 Å². The molecule has 6 heteroatoms. The molecule has 2 aliphatic carbocycles. The predicted molar refractivity (Wildman–Crippen MR) is 139 cm³/mol. The van der Waals surface area contributed by atoms with Crippen LogP contribution < -0.4 is 11.1 Å². The van der Waals surface area contributed by atoms with Crippen LogP contribution >= 0.6 is 0 Å². The predicted octanol–water partition coefficient (Wildman–Crippen LogP) is 5.27. The van der Waals surface area contributed by atoms with Crippen LogP contribution in [-0.2, 0) is 10.2 Å². The number of primary amides is 1. The molecule has 0 radical (unpaired) electrons. The number of hydrogen-bond donors (Lipinski definition) is 2. The molecular formula is C29H27N5O. The van der Waals surface area contributed by atoms with Gasteiger partial charge < -0.3 is 11.1 Å². The first-order chi connectivity index (χ1) is 17.0. The highest BCUT2D eigenvalue weighted by Gasteiger charge is 2.29. The van der Waals surface area contributed by atoms with Gasteiger partial charge in [0.2, 0.25) is 5.91 Å². The third-order valence-corrected chi connectivity index (χ3v) is 6.93. The summed E-state index contributed by atoms with van der Waals surface area (Å²) in [4.78, 5) is 21.4. The van der Waals surface area contributed by atoms with Crippen LogP contribution in [0.5, 0.6) is 0 Å². The lowest BCUT2D eigenvalue weighted by Crippen LogP contribution is -2.27. The molecule has 6 rings (SSSR count). The first-order valence-electron chi connectivity index (χ1n) is 12.0. The van der Waals surface area contributed by atoms with Crippen molar-refractivity contribution in [2.75, 3.05) is 5.32 Å². The van der Waals surface area contributed by atoms with E-state index in [-0.39, 0.29) is 11.3 Å². The van der Waals surface area contributed by atoms with Gasteiger partial charge in [-0.2, -0.15) is 0 Å². The number of carbonyl (C=O) groups excluding carboxylic acids is 1. The van der Waals surface area contributed by atoms with Crippen molar-refractivity contribution in [1.82, 2.24) is 14.4 Å². The summed E-state index contributed by atoms with van der Waals surface area (Å²) in [5, 5.41) is 3.56. The first kappa shape index (κ1) is 21.4. The molecule has 0 saturated heterocycles. The van der Waals surface area contributed by atoms with E-state index >= 15 is 0 Å². The number of nitrogens with two attached hydrogens (primary N) is 1. The van der Waals surface area contributed by atoms with E-state index in [0.29, 0.717) is 18.0 Å². The monoisotopic (exact) mass is 461 g/mol. The van der Waals surface area contributed by atoms with E-state index in [1.165, 1.54) is 12.8 Å². The van der Waals surface area contributed by atoms with E-state index in [1.807, 2.05) is 30.5 Å². The fraction of sp³-hybridized carbons (Fsp3) is 0.207. The highest BCUT2D eigenvalue weighted by atomic mass is 16.1. The van der Waals surface area contributed by atoms with Gasteiger partial charge in [-0.3, -0.25) is 9.20 Å². The molecule has 1 saturated carbocycles. The maximum Gasteiger partial charge on any atom is 0.244 e. The normalized spacial score (nSPS) is 19.5. The molecular weight excluding hydrogens is 434 g/mol. The molecule has 0 aliphatic heterocycles. The number of nitrogens with zero attached hydrogens (tertiary/aromatic N) is 3. The van der Waals surface area contributed by atoms with Gasteiger partial charge in [-0.15, -0.1) is 0 Å². The number of anilines is 1. The van der Waals surface area contributed by atoms with Gasteiger partial charge in [-0.1, -0.05) is 55.5 Å². The molecule has 1 fully saturated rings. The summed E-state index contributed by atoms with van der Waals surface area (Å²) in [7, 11) is 0. The van der Waals surface area contributed by atoms with E-state index < -0.39 is 0 Å². The number of carbonyl (C=O) groups is 1. The zero-order chi connectivity index (χ0) is 24.0. The first-order valence-corrected chi connectivity index (χ1v) is 12.0. The van der Waals surface area contributed by atoms with Crippen molar-refractivity contribution >= 4 is 17.4 Å². The minimum absolute atomic E-state index is 0.314. The topological polar surface area (TPSA) is 85.3 Å². The van der Waals surface area contributed by atoms with Gasteiger partial charge >= 0.3 is 0 Å². The van der Waals surface area contributed by atoms with Gasteiger partial charge in [-0.25, -0.2) is 9.97 Å². The minimum Gasteiger partial charge on any atom is -0.367 e. The summed E-state index contributed by atoms with van der Waals surface area (Å²) < 4.78 is 2.11. The maximum atomic E-state index is 11.8. The second-order valence-electron chi connectivity index (χ2n) is 9.71. The van der Waals surface area contributed by atoms with Crippen LogP contribution in [0.25, 0.3) is 28.2 Å². The lowest BCUT2D eigenvalue weighted by molar-refractivity contribution is -0.114. The third kappa shape index (κ3) is 4.12. The second kappa shape index (κ2) is 8.24. The summed E-state index contributed by atoms with van der Waals surface area (Å²) in [6, 6.07) is 19.2. The zero-order valence-corrected chi connectivity index (χ0v) is 19.6. The average Bonchev–Trinajstić information content (AvgIpc) is 3.58. The average molecular weight is 462 g/mol. The summed E-state index contributed by atoms with van der Waals surface area (Å²) in [6.07, 6.45) is 12.8. The maximum absolute atomic E-state index is 11.8. The molecule has 3 N–H and O–H groups in total. The van der Waals surface area contributed by atoms with Gasteiger partial charge in [0.25, 0.3) is 0 Å². The summed E-state index contributed by atoms with van der Waals surface area (Å²) in [5.74, 6) is 0.522. The Morgan fingerprint density at radius 3 is 2.71 bits per heavy atom. The van der Waals surface area contributed by atoms with Crippen LogP contribution in [-0.4, -0.2) is 26.3 Å². The molecule has 174 valence electrons. The van der Waals surface area contributed by atoms with Crippen molar-refractivity contribution in [1.29, 1.82) is 0 Å². The Morgan fingerprint density at radius 1 is 1.11 bits per heavy atom. The van der Waals surface area contributed by atoms with Crippen molar-refractivity contribution < 1.29 is 4.79 Å². The van der Waals surface area contributed by atoms with Crippen molar-refractivity contribution in [2.45, 2.75) is 37.6 Å².